The van der Waals surface area contributed by atoms with Crippen LogP contribution in [-0.4, -0.2) is 63.3 Å². The normalized spacial score (nSPS) is 14.8. The first kappa shape index (κ1) is 21.6. The summed E-state index contributed by atoms with van der Waals surface area (Å²) in [6.45, 7) is 5.34. The number of thiazole rings is 1. The monoisotopic (exact) mass is 459 g/mol. The Balaban J connectivity index is 1.36. The van der Waals surface area contributed by atoms with Gasteiger partial charge >= 0.3 is 0 Å². The molecule has 31 heavy (non-hydrogen) atoms. The largest absolute Gasteiger partial charge is 0.494 e. The van der Waals surface area contributed by atoms with Crippen molar-refractivity contribution in [2.45, 2.75) is 18.2 Å². The lowest BCUT2D eigenvalue weighted by Gasteiger charge is -2.34. The minimum absolute atomic E-state index is 0.0532. The van der Waals surface area contributed by atoms with Crippen LogP contribution in [0.25, 0.3) is 10.2 Å². The number of sulfone groups is 1. The molecular formula is C22H25N3O4S2. The van der Waals surface area contributed by atoms with Crippen molar-refractivity contribution in [3.05, 3.63) is 48.0 Å². The van der Waals surface area contributed by atoms with Crippen molar-refractivity contribution in [3.8, 4) is 5.75 Å². The molecule has 0 bridgehead atoms. The highest BCUT2D eigenvalue weighted by Crippen LogP contribution is 2.32. The van der Waals surface area contributed by atoms with Crippen LogP contribution in [0.1, 0.15) is 12.5 Å². The van der Waals surface area contributed by atoms with Gasteiger partial charge in [0.1, 0.15) is 5.75 Å². The van der Waals surface area contributed by atoms with E-state index in [4.69, 9.17) is 9.72 Å². The van der Waals surface area contributed by atoms with E-state index in [0.29, 0.717) is 19.7 Å². The molecule has 164 valence electrons. The molecule has 4 rings (SSSR count). The lowest BCUT2D eigenvalue weighted by molar-refractivity contribution is -0.130. The number of hydrogen-bond acceptors (Lipinski definition) is 7. The zero-order chi connectivity index (χ0) is 22.0. The van der Waals surface area contributed by atoms with Gasteiger partial charge in [0.05, 0.1) is 28.1 Å². The SMILES string of the molecule is CCOc1ccc2nc(N3CCN(C(=O)Cc4ccc(S(C)(=O)=O)cc4)CC3)sc2c1. The average molecular weight is 460 g/mol. The minimum atomic E-state index is -3.23. The molecule has 0 radical (unpaired) electrons. The number of benzene rings is 2. The maximum Gasteiger partial charge on any atom is 0.227 e. The highest BCUT2D eigenvalue weighted by atomic mass is 32.2. The highest BCUT2D eigenvalue weighted by molar-refractivity contribution is 7.90. The molecular weight excluding hydrogens is 434 g/mol. The third-order valence-electron chi connectivity index (χ3n) is 5.27. The molecule has 0 aliphatic carbocycles. The molecule has 0 N–H and O–H groups in total. The number of fused-ring (bicyclic) bond motifs is 1. The molecule has 1 amide bonds. The summed E-state index contributed by atoms with van der Waals surface area (Å²) in [6.07, 6.45) is 1.45. The molecule has 2 aromatic carbocycles. The molecule has 0 unspecified atom stereocenters. The maximum absolute atomic E-state index is 12.7. The summed E-state index contributed by atoms with van der Waals surface area (Å²) in [6, 6.07) is 12.5. The number of piperazine rings is 1. The Hall–Kier alpha value is -2.65. The second kappa shape index (κ2) is 8.84. The van der Waals surface area contributed by atoms with Gasteiger partial charge in [0.2, 0.25) is 5.91 Å². The summed E-state index contributed by atoms with van der Waals surface area (Å²) in [4.78, 5) is 21.8. The van der Waals surface area contributed by atoms with Crippen molar-refractivity contribution in [2.24, 2.45) is 0 Å². The number of amides is 1. The highest BCUT2D eigenvalue weighted by Gasteiger charge is 2.23. The van der Waals surface area contributed by atoms with Gasteiger partial charge in [0, 0.05) is 32.4 Å². The average Bonchev–Trinajstić information content (AvgIpc) is 3.17. The van der Waals surface area contributed by atoms with Crippen LogP contribution in [0, 0.1) is 0 Å². The Labute approximate surface area is 186 Å². The van der Waals surface area contributed by atoms with Gasteiger partial charge in [-0.15, -0.1) is 0 Å². The van der Waals surface area contributed by atoms with E-state index >= 15 is 0 Å². The summed E-state index contributed by atoms with van der Waals surface area (Å²) in [5, 5.41) is 0.965. The smallest absolute Gasteiger partial charge is 0.227 e. The van der Waals surface area contributed by atoms with Crippen LogP contribution in [-0.2, 0) is 21.1 Å². The Bertz CT molecular complexity index is 1180. The third kappa shape index (κ3) is 4.99. The number of nitrogens with zero attached hydrogens (tertiary/aromatic N) is 3. The van der Waals surface area contributed by atoms with Crippen LogP contribution in [0.4, 0.5) is 5.13 Å². The summed E-state index contributed by atoms with van der Waals surface area (Å²) in [7, 11) is -3.23. The Morgan fingerprint density at radius 3 is 2.45 bits per heavy atom. The summed E-state index contributed by atoms with van der Waals surface area (Å²) in [5.74, 6) is 0.905. The number of carbonyl (C=O) groups excluding carboxylic acids is 1. The molecule has 0 spiro atoms. The summed E-state index contributed by atoms with van der Waals surface area (Å²) >= 11 is 1.64. The van der Waals surface area contributed by atoms with E-state index in [9.17, 15) is 13.2 Å². The van der Waals surface area contributed by atoms with Gasteiger partial charge in [-0.1, -0.05) is 23.5 Å². The van der Waals surface area contributed by atoms with Crippen molar-refractivity contribution in [1.82, 2.24) is 9.88 Å². The van der Waals surface area contributed by atoms with E-state index in [0.717, 1.165) is 39.8 Å². The van der Waals surface area contributed by atoms with Gasteiger partial charge in [-0.2, -0.15) is 0 Å². The first-order valence-electron chi connectivity index (χ1n) is 10.2. The number of anilines is 1. The Morgan fingerprint density at radius 1 is 1.10 bits per heavy atom. The number of carbonyl (C=O) groups is 1. The van der Waals surface area contributed by atoms with Crippen LogP contribution in [0.15, 0.2) is 47.4 Å². The van der Waals surface area contributed by atoms with Crippen LogP contribution in [0.5, 0.6) is 5.75 Å². The first-order chi connectivity index (χ1) is 14.8. The van der Waals surface area contributed by atoms with Crippen LogP contribution >= 0.6 is 11.3 Å². The maximum atomic E-state index is 12.7. The quantitative estimate of drug-likeness (QED) is 0.564. The predicted molar refractivity (Wildman–Crippen MR) is 123 cm³/mol. The molecule has 1 aliphatic rings. The van der Waals surface area contributed by atoms with E-state index in [1.165, 1.54) is 6.26 Å². The Morgan fingerprint density at radius 2 is 1.81 bits per heavy atom. The van der Waals surface area contributed by atoms with Gasteiger partial charge in [-0.3, -0.25) is 4.79 Å². The van der Waals surface area contributed by atoms with Crippen molar-refractivity contribution < 1.29 is 17.9 Å². The van der Waals surface area contributed by atoms with Crippen molar-refractivity contribution in [3.63, 3.8) is 0 Å². The minimum Gasteiger partial charge on any atom is -0.494 e. The number of rotatable bonds is 6. The van der Waals surface area contributed by atoms with E-state index in [1.807, 2.05) is 30.0 Å². The zero-order valence-electron chi connectivity index (χ0n) is 17.6. The van der Waals surface area contributed by atoms with Gasteiger partial charge in [0.25, 0.3) is 0 Å². The standard InChI is InChI=1S/C22H25N3O4S2/c1-3-29-17-6-9-19-20(15-17)30-22(23-19)25-12-10-24(11-13-25)21(26)14-16-4-7-18(8-5-16)31(2,27)28/h4-9,15H,3,10-14H2,1-2H3. The molecule has 7 nitrogen and oxygen atoms in total. The summed E-state index contributed by atoms with van der Waals surface area (Å²) in [5.41, 5.74) is 1.77. The van der Waals surface area contributed by atoms with E-state index in [-0.39, 0.29) is 17.2 Å². The van der Waals surface area contributed by atoms with E-state index in [1.54, 1.807) is 35.6 Å². The fourth-order valence-electron chi connectivity index (χ4n) is 3.57. The van der Waals surface area contributed by atoms with Gasteiger partial charge < -0.3 is 14.5 Å². The van der Waals surface area contributed by atoms with Crippen molar-refractivity contribution in [1.29, 1.82) is 0 Å². The second-order valence-corrected chi connectivity index (χ2v) is 10.5. The predicted octanol–water partition coefficient (Wildman–Crippen LogP) is 2.99. The van der Waals surface area contributed by atoms with Crippen LogP contribution in [0.3, 0.4) is 0 Å². The second-order valence-electron chi connectivity index (χ2n) is 7.52. The van der Waals surface area contributed by atoms with Gasteiger partial charge in [0.15, 0.2) is 15.0 Å². The molecule has 2 heterocycles. The molecule has 1 saturated heterocycles. The zero-order valence-corrected chi connectivity index (χ0v) is 19.2. The van der Waals surface area contributed by atoms with Crippen molar-refractivity contribution >= 4 is 42.4 Å². The lowest BCUT2D eigenvalue weighted by Crippen LogP contribution is -2.49. The molecule has 1 aliphatic heterocycles. The van der Waals surface area contributed by atoms with Gasteiger partial charge in [-0.25, -0.2) is 13.4 Å². The van der Waals surface area contributed by atoms with Crippen molar-refractivity contribution in [2.75, 3.05) is 43.9 Å². The fraction of sp³-hybridized carbons (Fsp3) is 0.364. The number of aromatic nitrogens is 1. The third-order valence-corrected chi connectivity index (χ3v) is 7.48. The molecule has 3 aromatic rings. The number of ether oxygens (including phenoxy) is 1. The number of hydrogen-bond donors (Lipinski definition) is 0. The topological polar surface area (TPSA) is 79.8 Å². The lowest BCUT2D eigenvalue weighted by atomic mass is 10.1. The van der Waals surface area contributed by atoms with E-state index in [2.05, 4.69) is 4.90 Å². The van der Waals surface area contributed by atoms with Crippen LogP contribution < -0.4 is 9.64 Å². The molecule has 1 fully saturated rings. The molecule has 1 aromatic heterocycles. The van der Waals surface area contributed by atoms with E-state index < -0.39 is 9.84 Å². The van der Waals surface area contributed by atoms with Crippen LogP contribution in [0.2, 0.25) is 0 Å². The molecule has 9 heteroatoms. The first-order valence-corrected chi connectivity index (χ1v) is 12.9. The van der Waals surface area contributed by atoms with Gasteiger partial charge in [-0.05, 0) is 42.8 Å². The summed E-state index contributed by atoms with van der Waals surface area (Å²) < 4.78 is 29.8. The molecule has 0 saturated carbocycles. The Kier molecular flexibility index (Phi) is 6.15. The fourth-order valence-corrected chi connectivity index (χ4v) is 5.25. The molecule has 0 atom stereocenters.